The van der Waals surface area contributed by atoms with Crippen LogP contribution in [-0.2, 0) is 7.05 Å². The van der Waals surface area contributed by atoms with Gasteiger partial charge in [-0.15, -0.1) is 0 Å². The van der Waals surface area contributed by atoms with Gasteiger partial charge in [-0.1, -0.05) is 6.42 Å². The number of carbonyl (C=O) groups is 1. The molecule has 128 valence electrons. The van der Waals surface area contributed by atoms with Crippen molar-refractivity contribution in [1.82, 2.24) is 14.8 Å². The van der Waals surface area contributed by atoms with E-state index in [2.05, 4.69) is 10.2 Å². The number of benzene rings is 1. The maximum absolute atomic E-state index is 13.5. The number of rotatable bonds is 1. The lowest BCUT2D eigenvalue weighted by Gasteiger charge is -2.38. The molecule has 1 N–H and O–H groups in total. The Morgan fingerprint density at radius 1 is 1.25 bits per heavy atom. The molecule has 0 aliphatic carbocycles. The first-order chi connectivity index (χ1) is 11.6. The van der Waals surface area contributed by atoms with E-state index in [4.69, 9.17) is 0 Å². The standard InChI is InChI=1S/C19H24FN3O/c1-22-16-6-5-15(20)10-14(16)11-18(22)19(24)23-9-3-2-4-13-12-21-8-7-17(13)23/h5-6,10-11,13,17,21H,2-4,7-9,12H2,1H3/t13-,17+/m0/s1. The molecule has 0 radical (unpaired) electrons. The molecule has 2 atom stereocenters. The third-order valence-electron chi connectivity index (χ3n) is 5.68. The molecule has 2 fully saturated rings. The van der Waals surface area contributed by atoms with E-state index in [9.17, 15) is 9.18 Å². The average Bonchev–Trinajstić information content (AvgIpc) is 2.78. The van der Waals surface area contributed by atoms with Crippen LogP contribution in [0.3, 0.4) is 0 Å². The number of nitrogens with one attached hydrogen (secondary N) is 1. The zero-order chi connectivity index (χ0) is 16.7. The number of hydrogen-bond donors (Lipinski definition) is 1. The van der Waals surface area contributed by atoms with Crippen LogP contribution in [0.1, 0.15) is 36.2 Å². The molecule has 0 unspecified atom stereocenters. The molecule has 1 aromatic heterocycles. The third-order valence-corrected chi connectivity index (χ3v) is 5.68. The molecule has 3 heterocycles. The fourth-order valence-corrected chi connectivity index (χ4v) is 4.39. The van der Waals surface area contributed by atoms with Gasteiger partial charge >= 0.3 is 0 Å². The number of fused-ring (bicyclic) bond motifs is 2. The molecule has 0 spiro atoms. The number of hydrogen-bond acceptors (Lipinski definition) is 2. The van der Waals surface area contributed by atoms with Crippen molar-refractivity contribution in [3.05, 3.63) is 35.8 Å². The van der Waals surface area contributed by atoms with E-state index in [0.29, 0.717) is 17.7 Å². The smallest absolute Gasteiger partial charge is 0.270 e. The van der Waals surface area contributed by atoms with Gasteiger partial charge in [0.1, 0.15) is 11.5 Å². The second kappa shape index (κ2) is 6.20. The van der Waals surface area contributed by atoms with Gasteiger partial charge in [0, 0.05) is 30.5 Å². The van der Waals surface area contributed by atoms with E-state index < -0.39 is 0 Å². The highest BCUT2D eigenvalue weighted by molar-refractivity contribution is 5.99. The van der Waals surface area contributed by atoms with Crippen LogP contribution in [0.2, 0.25) is 0 Å². The zero-order valence-electron chi connectivity index (χ0n) is 14.1. The SMILES string of the molecule is Cn1c(C(=O)N2CCCC[C@H]3CNCC[C@H]32)cc2cc(F)ccc21. The molecule has 0 bridgehead atoms. The third kappa shape index (κ3) is 2.61. The van der Waals surface area contributed by atoms with Crippen LogP contribution in [0, 0.1) is 11.7 Å². The van der Waals surface area contributed by atoms with Crippen molar-refractivity contribution < 1.29 is 9.18 Å². The summed E-state index contributed by atoms with van der Waals surface area (Å²) < 4.78 is 15.4. The second-order valence-corrected chi connectivity index (χ2v) is 7.11. The predicted molar refractivity (Wildman–Crippen MR) is 92.5 cm³/mol. The minimum atomic E-state index is -0.264. The van der Waals surface area contributed by atoms with Gasteiger partial charge in [0.15, 0.2) is 0 Å². The van der Waals surface area contributed by atoms with E-state index in [1.165, 1.54) is 25.0 Å². The Hall–Kier alpha value is -1.88. The molecule has 24 heavy (non-hydrogen) atoms. The fraction of sp³-hybridized carbons (Fsp3) is 0.526. The molecule has 4 nitrogen and oxygen atoms in total. The molecule has 4 rings (SSSR count). The quantitative estimate of drug-likeness (QED) is 0.873. The van der Waals surface area contributed by atoms with Gasteiger partial charge in [0.2, 0.25) is 0 Å². The van der Waals surface area contributed by atoms with Crippen LogP contribution in [0.4, 0.5) is 4.39 Å². The van der Waals surface area contributed by atoms with Gasteiger partial charge in [0.05, 0.1) is 0 Å². The number of nitrogens with zero attached hydrogens (tertiary/aromatic N) is 2. The summed E-state index contributed by atoms with van der Waals surface area (Å²) in [6, 6.07) is 6.86. The van der Waals surface area contributed by atoms with E-state index in [1.54, 1.807) is 6.07 Å². The van der Waals surface area contributed by atoms with Gasteiger partial charge in [-0.25, -0.2) is 4.39 Å². The first-order valence-electron chi connectivity index (χ1n) is 8.92. The van der Waals surface area contributed by atoms with Gasteiger partial charge in [-0.3, -0.25) is 4.79 Å². The van der Waals surface area contributed by atoms with Crippen molar-refractivity contribution in [1.29, 1.82) is 0 Å². The van der Waals surface area contributed by atoms with Gasteiger partial charge in [-0.2, -0.15) is 0 Å². The summed E-state index contributed by atoms with van der Waals surface area (Å²) in [4.78, 5) is 15.4. The van der Waals surface area contributed by atoms with E-state index in [1.807, 2.05) is 17.7 Å². The van der Waals surface area contributed by atoms with Crippen molar-refractivity contribution in [3.63, 3.8) is 0 Å². The summed E-state index contributed by atoms with van der Waals surface area (Å²) >= 11 is 0. The number of aryl methyl sites for hydroxylation is 1. The topological polar surface area (TPSA) is 37.3 Å². The van der Waals surface area contributed by atoms with Crippen molar-refractivity contribution in [2.24, 2.45) is 13.0 Å². The highest BCUT2D eigenvalue weighted by Gasteiger charge is 2.35. The summed E-state index contributed by atoms with van der Waals surface area (Å²) in [7, 11) is 1.89. The maximum Gasteiger partial charge on any atom is 0.270 e. The first-order valence-corrected chi connectivity index (χ1v) is 8.92. The Morgan fingerprint density at radius 3 is 3.00 bits per heavy atom. The molecule has 1 amide bonds. The lowest BCUT2D eigenvalue weighted by Crippen LogP contribution is -2.51. The Labute approximate surface area is 141 Å². The molecule has 1 aromatic carbocycles. The minimum Gasteiger partial charge on any atom is -0.340 e. The normalized spacial score (nSPS) is 24.7. The molecule has 5 heteroatoms. The number of likely N-dealkylation sites (tertiary alicyclic amines) is 1. The van der Waals surface area contributed by atoms with Crippen LogP contribution in [0.5, 0.6) is 0 Å². The first kappa shape index (κ1) is 15.6. The second-order valence-electron chi connectivity index (χ2n) is 7.11. The van der Waals surface area contributed by atoms with E-state index in [-0.39, 0.29) is 11.7 Å². The number of amides is 1. The monoisotopic (exact) mass is 329 g/mol. The molecule has 2 aliphatic heterocycles. The number of piperidine rings is 1. The molecular formula is C19H24FN3O. The Kier molecular flexibility index (Phi) is 4.04. The van der Waals surface area contributed by atoms with E-state index in [0.717, 1.165) is 43.4 Å². The molecule has 0 saturated carbocycles. The van der Waals surface area contributed by atoms with Gasteiger partial charge < -0.3 is 14.8 Å². The lowest BCUT2D eigenvalue weighted by molar-refractivity contribution is 0.0577. The predicted octanol–water partition coefficient (Wildman–Crippen LogP) is 2.92. The zero-order valence-corrected chi connectivity index (χ0v) is 14.1. The van der Waals surface area contributed by atoms with Crippen LogP contribution in [0.15, 0.2) is 24.3 Å². The number of carbonyl (C=O) groups excluding carboxylic acids is 1. The Balaban J connectivity index is 1.70. The number of halogens is 1. The number of aromatic nitrogens is 1. The van der Waals surface area contributed by atoms with Gasteiger partial charge in [-0.05, 0) is 62.5 Å². The van der Waals surface area contributed by atoms with Gasteiger partial charge in [0.25, 0.3) is 5.91 Å². The summed E-state index contributed by atoms with van der Waals surface area (Å²) in [6.45, 7) is 2.82. The molecule has 2 aliphatic rings. The van der Waals surface area contributed by atoms with E-state index >= 15 is 0 Å². The highest BCUT2D eigenvalue weighted by Crippen LogP contribution is 2.29. The molecule has 2 aromatic rings. The van der Waals surface area contributed by atoms with Crippen LogP contribution >= 0.6 is 0 Å². The van der Waals surface area contributed by atoms with Crippen molar-refractivity contribution in [2.45, 2.75) is 31.7 Å². The Morgan fingerprint density at radius 2 is 2.12 bits per heavy atom. The lowest BCUT2D eigenvalue weighted by atomic mass is 9.89. The Bertz CT molecular complexity index is 769. The summed E-state index contributed by atoms with van der Waals surface area (Å²) in [5.74, 6) is 0.380. The summed E-state index contributed by atoms with van der Waals surface area (Å²) in [5.41, 5.74) is 1.56. The minimum absolute atomic E-state index is 0.0907. The summed E-state index contributed by atoms with van der Waals surface area (Å²) in [6.07, 6.45) is 4.47. The highest BCUT2D eigenvalue weighted by atomic mass is 19.1. The molecular weight excluding hydrogens is 305 g/mol. The summed E-state index contributed by atoms with van der Waals surface area (Å²) in [5, 5.41) is 4.25. The fourth-order valence-electron chi connectivity index (χ4n) is 4.39. The van der Waals surface area contributed by atoms with Crippen molar-refractivity contribution in [2.75, 3.05) is 19.6 Å². The van der Waals surface area contributed by atoms with Crippen LogP contribution in [-0.4, -0.2) is 41.1 Å². The van der Waals surface area contributed by atoms with Crippen molar-refractivity contribution in [3.8, 4) is 0 Å². The van der Waals surface area contributed by atoms with Crippen LogP contribution in [0.25, 0.3) is 10.9 Å². The average molecular weight is 329 g/mol. The maximum atomic E-state index is 13.5. The molecule has 2 saturated heterocycles. The van der Waals surface area contributed by atoms with Crippen LogP contribution < -0.4 is 5.32 Å². The largest absolute Gasteiger partial charge is 0.340 e. The van der Waals surface area contributed by atoms with Crippen molar-refractivity contribution >= 4 is 16.8 Å².